The number of ketones is 1. The largest absolute Gasteiger partial charge is 0.299 e. The van der Waals surface area contributed by atoms with E-state index in [4.69, 9.17) is 0 Å². The highest BCUT2D eigenvalue weighted by Crippen LogP contribution is 2.21. The lowest BCUT2D eigenvalue weighted by Crippen LogP contribution is -2.21. The van der Waals surface area contributed by atoms with Crippen molar-refractivity contribution in [2.24, 2.45) is 17.8 Å². The first-order chi connectivity index (χ1) is 6.49. The number of hydrogen-bond acceptors (Lipinski definition) is 1. The van der Waals surface area contributed by atoms with Gasteiger partial charge in [-0.2, -0.15) is 0 Å². The van der Waals surface area contributed by atoms with E-state index >= 15 is 0 Å². The minimum Gasteiger partial charge on any atom is -0.299 e. The molecule has 0 saturated carbocycles. The molecule has 82 valence electrons. The maximum absolute atomic E-state index is 11.9. The fourth-order valence-corrected chi connectivity index (χ4v) is 1.72. The molecule has 1 nitrogen and oxygen atoms in total. The smallest absolute Gasteiger partial charge is 0.136 e. The van der Waals surface area contributed by atoms with Gasteiger partial charge in [0.05, 0.1) is 0 Å². The Morgan fingerprint density at radius 2 is 1.86 bits per heavy atom. The molecule has 0 radical (unpaired) electrons. The summed E-state index contributed by atoms with van der Waals surface area (Å²) in [5.41, 5.74) is 0. The van der Waals surface area contributed by atoms with Crippen molar-refractivity contribution in [1.29, 1.82) is 0 Å². The van der Waals surface area contributed by atoms with Crippen LogP contribution >= 0.6 is 0 Å². The number of carbonyl (C=O) groups excluding carboxylic acids is 1. The van der Waals surface area contributed by atoms with Gasteiger partial charge in [0.1, 0.15) is 5.78 Å². The zero-order valence-corrected chi connectivity index (χ0v) is 10.0. The van der Waals surface area contributed by atoms with Crippen LogP contribution in [0.25, 0.3) is 0 Å². The molecule has 1 atom stereocenters. The van der Waals surface area contributed by atoms with Crippen LogP contribution in [0.3, 0.4) is 0 Å². The first-order valence-electron chi connectivity index (χ1n) is 5.62. The topological polar surface area (TPSA) is 17.1 Å². The summed E-state index contributed by atoms with van der Waals surface area (Å²) in [6, 6.07) is 0. The SMILES string of the molecule is C=CCCC(C(=O)CC(C)C)C(C)C. The average molecular weight is 196 g/mol. The molecule has 0 rings (SSSR count). The molecule has 0 aliphatic heterocycles. The summed E-state index contributed by atoms with van der Waals surface area (Å²) in [5.74, 6) is 1.60. The third kappa shape index (κ3) is 5.21. The van der Waals surface area contributed by atoms with Crippen LogP contribution in [-0.4, -0.2) is 5.78 Å². The van der Waals surface area contributed by atoms with Crippen LogP contribution in [0.2, 0.25) is 0 Å². The molecule has 0 spiro atoms. The third-order valence-corrected chi connectivity index (χ3v) is 2.51. The van der Waals surface area contributed by atoms with Crippen LogP contribution in [0.15, 0.2) is 12.7 Å². The lowest BCUT2D eigenvalue weighted by Gasteiger charge is -2.19. The standard InChI is InChI=1S/C13H24O/c1-6-7-8-12(11(4)5)13(14)9-10(2)3/h6,10-12H,1,7-9H2,2-5H3. The van der Waals surface area contributed by atoms with E-state index in [1.165, 1.54) is 0 Å². The number of carbonyl (C=O) groups is 1. The van der Waals surface area contributed by atoms with Gasteiger partial charge < -0.3 is 0 Å². The zero-order chi connectivity index (χ0) is 11.1. The van der Waals surface area contributed by atoms with Crippen LogP contribution in [0, 0.1) is 17.8 Å². The summed E-state index contributed by atoms with van der Waals surface area (Å²) in [6.45, 7) is 12.2. The molecule has 0 heterocycles. The van der Waals surface area contributed by atoms with Gasteiger partial charge in [0.15, 0.2) is 0 Å². The Labute approximate surface area is 88.6 Å². The van der Waals surface area contributed by atoms with Gasteiger partial charge in [-0.05, 0) is 24.7 Å². The van der Waals surface area contributed by atoms with Crippen molar-refractivity contribution in [3.8, 4) is 0 Å². The summed E-state index contributed by atoms with van der Waals surface area (Å²) in [4.78, 5) is 11.9. The molecule has 0 aromatic rings. The average Bonchev–Trinajstić information content (AvgIpc) is 2.02. The van der Waals surface area contributed by atoms with Gasteiger partial charge in [0.25, 0.3) is 0 Å². The lowest BCUT2D eigenvalue weighted by atomic mass is 9.84. The van der Waals surface area contributed by atoms with Crippen LogP contribution in [-0.2, 0) is 4.79 Å². The van der Waals surface area contributed by atoms with E-state index in [1.54, 1.807) is 0 Å². The first-order valence-corrected chi connectivity index (χ1v) is 5.62. The highest BCUT2D eigenvalue weighted by molar-refractivity contribution is 5.81. The number of rotatable bonds is 7. The first kappa shape index (κ1) is 13.4. The molecule has 1 unspecified atom stereocenters. The molecule has 0 aromatic heterocycles. The fraction of sp³-hybridized carbons (Fsp3) is 0.769. The van der Waals surface area contributed by atoms with Gasteiger partial charge in [-0.1, -0.05) is 33.8 Å². The Bertz CT molecular complexity index is 180. The normalized spacial score (nSPS) is 13.3. The molecule has 0 aromatic carbocycles. The van der Waals surface area contributed by atoms with E-state index < -0.39 is 0 Å². The highest BCUT2D eigenvalue weighted by Gasteiger charge is 2.21. The Morgan fingerprint density at radius 1 is 1.29 bits per heavy atom. The summed E-state index contributed by atoms with van der Waals surface area (Å²) in [5, 5.41) is 0. The van der Waals surface area contributed by atoms with E-state index in [0.29, 0.717) is 17.6 Å². The van der Waals surface area contributed by atoms with Crippen molar-refractivity contribution in [3.05, 3.63) is 12.7 Å². The molecule has 0 amide bonds. The molecule has 0 fully saturated rings. The van der Waals surface area contributed by atoms with Crippen molar-refractivity contribution in [3.63, 3.8) is 0 Å². The van der Waals surface area contributed by atoms with Gasteiger partial charge in [-0.25, -0.2) is 0 Å². The van der Waals surface area contributed by atoms with E-state index in [9.17, 15) is 4.79 Å². The van der Waals surface area contributed by atoms with Crippen LogP contribution in [0.1, 0.15) is 47.0 Å². The summed E-state index contributed by atoms with van der Waals surface area (Å²) in [6.07, 6.45) is 4.54. The number of Topliss-reactive ketones (excluding diaryl/α,β-unsaturated/α-hetero) is 1. The molecule has 14 heavy (non-hydrogen) atoms. The predicted molar refractivity (Wildman–Crippen MR) is 62.2 cm³/mol. The van der Waals surface area contributed by atoms with Crippen LogP contribution < -0.4 is 0 Å². The predicted octanol–water partition coefficient (Wildman–Crippen LogP) is 3.84. The Balaban J connectivity index is 4.18. The summed E-state index contributed by atoms with van der Waals surface area (Å²) in [7, 11) is 0. The van der Waals surface area contributed by atoms with E-state index in [-0.39, 0.29) is 5.92 Å². The number of allylic oxidation sites excluding steroid dienone is 1. The van der Waals surface area contributed by atoms with Gasteiger partial charge in [-0.15, -0.1) is 6.58 Å². The molecule has 0 N–H and O–H groups in total. The van der Waals surface area contributed by atoms with Crippen molar-refractivity contribution >= 4 is 5.78 Å². The van der Waals surface area contributed by atoms with E-state index in [0.717, 1.165) is 19.3 Å². The quantitative estimate of drug-likeness (QED) is 0.565. The van der Waals surface area contributed by atoms with E-state index in [2.05, 4.69) is 34.3 Å². The zero-order valence-electron chi connectivity index (χ0n) is 10.0. The minimum absolute atomic E-state index is 0.232. The molecule has 0 aliphatic rings. The minimum atomic E-state index is 0.232. The van der Waals surface area contributed by atoms with Crippen molar-refractivity contribution in [1.82, 2.24) is 0 Å². The van der Waals surface area contributed by atoms with Gasteiger partial charge in [-0.3, -0.25) is 4.79 Å². The Morgan fingerprint density at radius 3 is 2.21 bits per heavy atom. The molecular formula is C13H24O. The fourth-order valence-electron chi connectivity index (χ4n) is 1.72. The highest BCUT2D eigenvalue weighted by atomic mass is 16.1. The second kappa shape index (κ2) is 6.80. The van der Waals surface area contributed by atoms with Crippen molar-refractivity contribution < 1.29 is 4.79 Å². The Hall–Kier alpha value is -0.590. The van der Waals surface area contributed by atoms with Crippen molar-refractivity contribution in [2.45, 2.75) is 47.0 Å². The van der Waals surface area contributed by atoms with Gasteiger partial charge in [0, 0.05) is 12.3 Å². The maximum Gasteiger partial charge on any atom is 0.136 e. The van der Waals surface area contributed by atoms with Gasteiger partial charge in [0.2, 0.25) is 0 Å². The summed E-state index contributed by atoms with van der Waals surface area (Å²) < 4.78 is 0. The van der Waals surface area contributed by atoms with Crippen LogP contribution in [0.4, 0.5) is 0 Å². The molecule has 0 aliphatic carbocycles. The molecule has 1 heteroatoms. The lowest BCUT2D eigenvalue weighted by molar-refractivity contribution is -0.125. The number of hydrogen-bond donors (Lipinski definition) is 0. The second-order valence-electron chi connectivity index (χ2n) is 4.78. The molecule has 0 saturated heterocycles. The molecular weight excluding hydrogens is 172 g/mol. The second-order valence-corrected chi connectivity index (χ2v) is 4.78. The van der Waals surface area contributed by atoms with Crippen LogP contribution in [0.5, 0.6) is 0 Å². The van der Waals surface area contributed by atoms with E-state index in [1.807, 2.05) is 6.08 Å². The Kier molecular flexibility index (Phi) is 6.52. The summed E-state index contributed by atoms with van der Waals surface area (Å²) >= 11 is 0. The third-order valence-electron chi connectivity index (χ3n) is 2.51. The van der Waals surface area contributed by atoms with Gasteiger partial charge >= 0.3 is 0 Å². The monoisotopic (exact) mass is 196 g/mol. The maximum atomic E-state index is 11.9. The molecule has 0 bridgehead atoms. The van der Waals surface area contributed by atoms with Crippen molar-refractivity contribution in [2.75, 3.05) is 0 Å².